The van der Waals surface area contributed by atoms with E-state index >= 15 is 0 Å². The van der Waals surface area contributed by atoms with E-state index in [-0.39, 0.29) is 6.04 Å². The summed E-state index contributed by atoms with van der Waals surface area (Å²) < 4.78 is 7.68. The van der Waals surface area contributed by atoms with Gasteiger partial charge >= 0.3 is 0 Å². The van der Waals surface area contributed by atoms with Gasteiger partial charge in [-0.05, 0) is 31.5 Å². The van der Waals surface area contributed by atoms with Crippen molar-refractivity contribution in [3.63, 3.8) is 0 Å². The van der Waals surface area contributed by atoms with Crippen LogP contribution in [0.2, 0.25) is 0 Å². The third-order valence-corrected chi connectivity index (χ3v) is 4.58. The molecule has 2 heterocycles. The third-order valence-electron chi connectivity index (χ3n) is 4.58. The fourth-order valence-corrected chi connectivity index (χ4v) is 3.34. The summed E-state index contributed by atoms with van der Waals surface area (Å²) in [5.41, 5.74) is 5.39. The van der Waals surface area contributed by atoms with E-state index in [9.17, 15) is 0 Å². The van der Waals surface area contributed by atoms with Gasteiger partial charge in [0, 0.05) is 31.4 Å². The van der Waals surface area contributed by atoms with Gasteiger partial charge in [-0.15, -0.1) is 0 Å². The van der Waals surface area contributed by atoms with Crippen LogP contribution in [0.1, 0.15) is 34.1 Å². The molecule has 0 saturated carbocycles. The maximum absolute atomic E-state index is 9.08. The lowest BCUT2D eigenvalue weighted by atomic mass is 10.0. The molecule has 1 aliphatic heterocycles. The predicted molar refractivity (Wildman–Crippen MR) is 87.8 cm³/mol. The van der Waals surface area contributed by atoms with Crippen molar-refractivity contribution in [3.05, 3.63) is 52.3 Å². The monoisotopic (exact) mass is 310 g/mol. The number of aryl methyl sites for hydroxylation is 2. The highest BCUT2D eigenvalue weighted by atomic mass is 16.5. The van der Waals surface area contributed by atoms with Crippen LogP contribution in [0.15, 0.2) is 24.3 Å². The molecule has 0 radical (unpaired) electrons. The van der Waals surface area contributed by atoms with Crippen molar-refractivity contribution in [3.8, 4) is 6.07 Å². The van der Waals surface area contributed by atoms with Crippen molar-refractivity contribution in [2.45, 2.75) is 26.4 Å². The van der Waals surface area contributed by atoms with Crippen LogP contribution in [-0.4, -0.2) is 34.4 Å². The van der Waals surface area contributed by atoms with E-state index in [1.807, 2.05) is 29.9 Å². The van der Waals surface area contributed by atoms with Crippen LogP contribution >= 0.6 is 0 Å². The Hall–Kier alpha value is -2.16. The van der Waals surface area contributed by atoms with Gasteiger partial charge in [-0.3, -0.25) is 9.58 Å². The second-order valence-electron chi connectivity index (χ2n) is 6.08. The van der Waals surface area contributed by atoms with E-state index in [4.69, 9.17) is 10.00 Å². The lowest BCUT2D eigenvalue weighted by Gasteiger charge is -2.36. The first-order valence-corrected chi connectivity index (χ1v) is 7.91. The molecule has 2 aromatic rings. The molecule has 1 fully saturated rings. The Morgan fingerprint density at radius 2 is 2.22 bits per heavy atom. The zero-order chi connectivity index (χ0) is 16.4. The van der Waals surface area contributed by atoms with Crippen LogP contribution in [0.5, 0.6) is 0 Å². The van der Waals surface area contributed by atoms with Gasteiger partial charge in [0.2, 0.25) is 0 Å². The summed E-state index contributed by atoms with van der Waals surface area (Å²) in [5, 5.41) is 13.6. The average molecular weight is 310 g/mol. The van der Waals surface area contributed by atoms with Gasteiger partial charge in [0.1, 0.15) is 0 Å². The molecule has 3 rings (SSSR count). The van der Waals surface area contributed by atoms with Crippen LogP contribution in [0.4, 0.5) is 0 Å². The zero-order valence-corrected chi connectivity index (χ0v) is 13.9. The summed E-state index contributed by atoms with van der Waals surface area (Å²) in [5.74, 6) is 0. The van der Waals surface area contributed by atoms with Crippen molar-refractivity contribution >= 4 is 0 Å². The van der Waals surface area contributed by atoms with E-state index in [1.165, 1.54) is 11.3 Å². The summed E-state index contributed by atoms with van der Waals surface area (Å²) in [4.78, 5) is 2.43. The van der Waals surface area contributed by atoms with Gasteiger partial charge in [-0.1, -0.05) is 12.1 Å². The number of hydrogen-bond acceptors (Lipinski definition) is 4. The Morgan fingerprint density at radius 1 is 1.39 bits per heavy atom. The third kappa shape index (κ3) is 3.14. The van der Waals surface area contributed by atoms with E-state index < -0.39 is 0 Å². The van der Waals surface area contributed by atoms with Crippen molar-refractivity contribution in [2.75, 3.05) is 19.8 Å². The molecule has 0 amide bonds. The van der Waals surface area contributed by atoms with Crippen molar-refractivity contribution in [1.29, 1.82) is 5.26 Å². The summed E-state index contributed by atoms with van der Waals surface area (Å²) in [6.45, 7) is 7.30. The fourth-order valence-electron chi connectivity index (χ4n) is 3.34. The van der Waals surface area contributed by atoms with Crippen LogP contribution in [0, 0.1) is 25.2 Å². The Kier molecular flexibility index (Phi) is 4.46. The summed E-state index contributed by atoms with van der Waals surface area (Å²) in [6, 6.07) is 10.3. The Labute approximate surface area is 137 Å². The minimum atomic E-state index is 0.211. The lowest BCUT2D eigenvalue weighted by Crippen LogP contribution is -2.39. The van der Waals surface area contributed by atoms with E-state index in [0.717, 1.165) is 31.0 Å². The van der Waals surface area contributed by atoms with Gasteiger partial charge in [-0.2, -0.15) is 10.4 Å². The van der Waals surface area contributed by atoms with E-state index in [2.05, 4.69) is 36.0 Å². The van der Waals surface area contributed by atoms with Crippen molar-refractivity contribution in [1.82, 2.24) is 14.7 Å². The molecular formula is C18H22N4O. The number of ether oxygens (including phenoxy) is 1. The Morgan fingerprint density at radius 3 is 2.91 bits per heavy atom. The Bertz CT molecular complexity index is 744. The maximum atomic E-state index is 9.08. The van der Waals surface area contributed by atoms with Crippen LogP contribution in [-0.2, 0) is 18.3 Å². The summed E-state index contributed by atoms with van der Waals surface area (Å²) >= 11 is 0. The Balaban J connectivity index is 1.88. The molecule has 1 aromatic carbocycles. The maximum Gasteiger partial charge on any atom is 0.0991 e. The molecule has 0 bridgehead atoms. The summed E-state index contributed by atoms with van der Waals surface area (Å²) in [7, 11) is 1.98. The number of aromatic nitrogens is 2. The molecule has 0 unspecified atom stereocenters. The quantitative estimate of drug-likeness (QED) is 0.874. The molecule has 0 N–H and O–H groups in total. The zero-order valence-electron chi connectivity index (χ0n) is 13.9. The number of nitriles is 1. The number of nitrogens with zero attached hydrogens (tertiary/aromatic N) is 4. The van der Waals surface area contributed by atoms with Gasteiger partial charge < -0.3 is 4.74 Å². The summed E-state index contributed by atoms with van der Waals surface area (Å²) in [6.07, 6.45) is 0. The number of hydrogen-bond donors (Lipinski definition) is 0. The highest BCUT2D eigenvalue weighted by molar-refractivity contribution is 5.33. The van der Waals surface area contributed by atoms with Crippen LogP contribution < -0.4 is 0 Å². The van der Waals surface area contributed by atoms with E-state index in [0.29, 0.717) is 12.2 Å². The number of morpholine rings is 1. The van der Waals surface area contributed by atoms with Gasteiger partial charge in [0.05, 0.1) is 36.6 Å². The standard InChI is InChI=1S/C18H22N4O/c1-13-18(14(2)21(3)20-13)17-12-23-8-7-22(17)11-16-6-4-5-15(9-16)10-19/h4-6,9,17H,7-8,11-12H2,1-3H3/t17-/m1/s1. The first-order chi connectivity index (χ1) is 11.1. The average Bonchev–Trinajstić information content (AvgIpc) is 2.81. The van der Waals surface area contributed by atoms with Crippen molar-refractivity contribution < 1.29 is 4.74 Å². The molecular weight excluding hydrogens is 288 g/mol. The molecule has 5 heteroatoms. The minimum absolute atomic E-state index is 0.211. The molecule has 5 nitrogen and oxygen atoms in total. The first-order valence-electron chi connectivity index (χ1n) is 7.91. The molecule has 1 aromatic heterocycles. The van der Waals surface area contributed by atoms with Crippen molar-refractivity contribution in [2.24, 2.45) is 7.05 Å². The molecule has 0 spiro atoms. The molecule has 1 atom stereocenters. The second kappa shape index (κ2) is 6.53. The minimum Gasteiger partial charge on any atom is -0.378 e. The number of rotatable bonds is 3. The molecule has 0 aliphatic carbocycles. The smallest absolute Gasteiger partial charge is 0.0991 e. The predicted octanol–water partition coefficient (Wildman–Crippen LogP) is 2.48. The largest absolute Gasteiger partial charge is 0.378 e. The lowest BCUT2D eigenvalue weighted by molar-refractivity contribution is -0.0132. The second-order valence-corrected chi connectivity index (χ2v) is 6.08. The van der Waals surface area contributed by atoms with Gasteiger partial charge in [0.15, 0.2) is 0 Å². The molecule has 23 heavy (non-hydrogen) atoms. The topological polar surface area (TPSA) is 54.1 Å². The SMILES string of the molecule is Cc1nn(C)c(C)c1[C@H]1COCCN1Cc1cccc(C#N)c1. The first kappa shape index (κ1) is 15.7. The van der Waals surface area contributed by atoms with Crippen LogP contribution in [0.3, 0.4) is 0 Å². The highest BCUT2D eigenvalue weighted by Crippen LogP contribution is 2.30. The molecule has 1 saturated heterocycles. The van der Waals surface area contributed by atoms with Gasteiger partial charge in [0.25, 0.3) is 0 Å². The molecule has 120 valence electrons. The normalized spacial score (nSPS) is 18.8. The number of benzene rings is 1. The highest BCUT2D eigenvalue weighted by Gasteiger charge is 2.29. The van der Waals surface area contributed by atoms with Crippen LogP contribution in [0.25, 0.3) is 0 Å². The van der Waals surface area contributed by atoms with E-state index in [1.54, 1.807) is 0 Å². The molecule has 1 aliphatic rings. The fraction of sp³-hybridized carbons (Fsp3) is 0.444. The van der Waals surface area contributed by atoms with Gasteiger partial charge in [-0.25, -0.2) is 0 Å².